The number of fused-ring (bicyclic) bond motifs is 5. The van der Waals surface area contributed by atoms with E-state index in [-0.39, 0.29) is 17.5 Å². The Morgan fingerprint density at radius 1 is 1.24 bits per heavy atom. The number of aromatic nitrogens is 1. The second-order valence-corrected chi connectivity index (χ2v) is 10.2. The monoisotopic (exact) mass is 391 g/mol. The van der Waals surface area contributed by atoms with E-state index in [1.807, 2.05) is 12.4 Å². The summed E-state index contributed by atoms with van der Waals surface area (Å²) in [5.41, 5.74) is 4.73. The standard InChI is InChI=1S/C26H33NO2/c1-16-13-24-22(23-9-8-21(25(16)23)18-5-4-12-27-15-18)7-6-19-14-20(29-17(2)28)10-11-26(19,24)3/h4-6,8,12,15-16,20,22-25H,7,9-11,13-14H2,1-3H3/t16-,20+,22+,23+,24+,25?,26+/m1/s1. The molecule has 0 spiro atoms. The molecular weight excluding hydrogens is 358 g/mol. The van der Waals surface area contributed by atoms with E-state index in [1.165, 1.54) is 31.7 Å². The lowest BCUT2D eigenvalue weighted by molar-refractivity contribution is -0.148. The second kappa shape index (κ2) is 7.11. The Kier molecular flexibility index (Phi) is 4.68. The van der Waals surface area contributed by atoms with Crippen LogP contribution < -0.4 is 0 Å². The Labute approximate surface area is 174 Å². The number of hydrogen-bond acceptors (Lipinski definition) is 3. The molecule has 1 unspecified atom stereocenters. The van der Waals surface area contributed by atoms with Gasteiger partial charge in [-0.05, 0) is 84.3 Å². The maximum absolute atomic E-state index is 11.4. The summed E-state index contributed by atoms with van der Waals surface area (Å²) < 4.78 is 5.58. The highest BCUT2D eigenvalue weighted by Crippen LogP contribution is 2.63. The molecule has 4 aliphatic carbocycles. The smallest absolute Gasteiger partial charge is 0.302 e. The predicted octanol–water partition coefficient (Wildman–Crippen LogP) is 5.83. The summed E-state index contributed by atoms with van der Waals surface area (Å²) in [4.78, 5) is 15.8. The first-order chi connectivity index (χ1) is 14.0. The van der Waals surface area contributed by atoms with Gasteiger partial charge in [0, 0.05) is 25.7 Å². The van der Waals surface area contributed by atoms with Crippen LogP contribution in [-0.4, -0.2) is 17.1 Å². The van der Waals surface area contributed by atoms with E-state index in [0.29, 0.717) is 11.8 Å². The van der Waals surface area contributed by atoms with Crippen LogP contribution in [0.4, 0.5) is 0 Å². The fourth-order valence-corrected chi connectivity index (χ4v) is 7.44. The molecule has 0 N–H and O–H groups in total. The Morgan fingerprint density at radius 3 is 2.83 bits per heavy atom. The van der Waals surface area contributed by atoms with Crippen molar-refractivity contribution < 1.29 is 9.53 Å². The van der Waals surface area contributed by atoms with Crippen LogP contribution in [0.1, 0.15) is 64.9 Å². The highest BCUT2D eigenvalue weighted by Gasteiger charge is 2.55. The van der Waals surface area contributed by atoms with Gasteiger partial charge in [-0.3, -0.25) is 9.78 Å². The lowest BCUT2D eigenvalue weighted by atomic mass is 9.48. The molecule has 3 heteroatoms. The molecule has 0 aromatic carbocycles. The fraction of sp³-hybridized carbons (Fsp3) is 0.615. The molecule has 0 radical (unpaired) electrons. The van der Waals surface area contributed by atoms with Crippen molar-refractivity contribution in [3.63, 3.8) is 0 Å². The average Bonchev–Trinajstić information content (AvgIpc) is 3.15. The molecule has 29 heavy (non-hydrogen) atoms. The van der Waals surface area contributed by atoms with E-state index in [9.17, 15) is 4.79 Å². The first-order valence-corrected chi connectivity index (χ1v) is 11.4. The molecule has 0 amide bonds. The molecule has 1 aromatic heterocycles. The molecule has 0 bridgehead atoms. The van der Waals surface area contributed by atoms with Gasteiger partial charge in [0.05, 0.1) is 0 Å². The molecule has 7 atom stereocenters. The summed E-state index contributed by atoms with van der Waals surface area (Å²) in [6.45, 7) is 6.53. The van der Waals surface area contributed by atoms with E-state index in [4.69, 9.17) is 4.74 Å². The van der Waals surface area contributed by atoms with Crippen LogP contribution in [0, 0.1) is 35.0 Å². The summed E-state index contributed by atoms with van der Waals surface area (Å²) in [6, 6.07) is 4.30. The molecule has 0 saturated heterocycles. The van der Waals surface area contributed by atoms with Crippen molar-refractivity contribution in [1.29, 1.82) is 0 Å². The van der Waals surface area contributed by atoms with E-state index in [2.05, 4.69) is 43.1 Å². The highest BCUT2D eigenvalue weighted by atomic mass is 16.5. The van der Waals surface area contributed by atoms with Crippen LogP contribution in [0.25, 0.3) is 5.57 Å². The molecule has 1 heterocycles. The van der Waals surface area contributed by atoms with Crippen molar-refractivity contribution in [2.75, 3.05) is 0 Å². The molecule has 1 aromatic rings. The third-order valence-electron chi connectivity index (χ3n) is 8.68. The van der Waals surface area contributed by atoms with Crippen LogP contribution in [0.3, 0.4) is 0 Å². The maximum atomic E-state index is 11.4. The lowest BCUT2D eigenvalue weighted by Crippen LogP contribution is -2.49. The van der Waals surface area contributed by atoms with Crippen LogP contribution in [0.2, 0.25) is 0 Å². The van der Waals surface area contributed by atoms with Gasteiger partial charge in [0.2, 0.25) is 0 Å². The summed E-state index contributed by atoms with van der Waals surface area (Å²) in [5.74, 6) is 3.55. The van der Waals surface area contributed by atoms with Crippen molar-refractivity contribution in [2.45, 2.75) is 65.4 Å². The normalized spacial score (nSPS) is 40.8. The predicted molar refractivity (Wildman–Crippen MR) is 115 cm³/mol. The van der Waals surface area contributed by atoms with Crippen molar-refractivity contribution in [1.82, 2.24) is 4.98 Å². The number of hydrogen-bond donors (Lipinski definition) is 0. The van der Waals surface area contributed by atoms with Crippen molar-refractivity contribution in [3.05, 3.63) is 47.8 Å². The summed E-state index contributed by atoms with van der Waals surface area (Å²) in [5, 5.41) is 0. The number of allylic oxidation sites excluding steroid dienone is 3. The summed E-state index contributed by atoms with van der Waals surface area (Å²) in [6.07, 6.45) is 15.9. The molecular formula is C26H33NO2. The minimum absolute atomic E-state index is 0.0856. The first kappa shape index (κ1) is 19.1. The van der Waals surface area contributed by atoms with Crippen LogP contribution >= 0.6 is 0 Å². The summed E-state index contributed by atoms with van der Waals surface area (Å²) >= 11 is 0. The Bertz CT molecular complexity index is 857. The molecule has 2 saturated carbocycles. The van der Waals surface area contributed by atoms with Gasteiger partial charge >= 0.3 is 5.97 Å². The average molecular weight is 392 g/mol. The largest absolute Gasteiger partial charge is 0.462 e. The third kappa shape index (κ3) is 3.08. The van der Waals surface area contributed by atoms with Gasteiger partial charge in [-0.2, -0.15) is 0 Å². The molecule has 2 fully saturated rings. The Morgan fingerprint density at radius 2 is 2.07 bits per heavy atom. The van der Waals surface area contributed by atoms with Crippen molar-refractivity contribution in [3.8, 4) is 0 Å². The molecule has 4 aliphatic rings. The zero-order valence-corrected chi connectivity index (χ0v) is 17.9. The van der Waals surface area contributed by atoms with Crippen molar-refractivity contribution >= 4 is 11.5 Å². The second-order valence-electron chi connectivity index (χ2n) is 10.2. The summed E-state index contributed by atoms with van der Waals surface area (Å²) in [7, 11) is 0. The fourth-order valence-electron chi connectivity index (χ4n) is 7.44. The number of pyridine rings is 1. The zero-order chi connectivity index (χ0) is 20.2. The number of carbonyl (C=O) groups excluding carboxylic acids is 1. The van der Waals surface area contributed by atoms with E-state index < -0.39 is 0 Å². The topological polar surface area (TPSA) is 39.2 Å². The van der Waals surface area contributed by atoms with Gasteiger partial charge in [-0.15, -0.1) is 0 Å². The molecule has 0 aliphatic heterocycles. The van der Waals surface area contributed by atoms with E-state index >= 15 is 0 Å². The van der Waals surface area contributed by atoms with Gasteiger partial charge in [0.1, 0.15) is 6.10 Å². The minimum Gasteiger partial charge on any atom is -0.462 e. The van der Waals surface area contributed by atoms with E-state index in [0.717, 1.165) is 37.0 Å². The quantitative estimate of drug-likeness (QED) is 0.471. The number of ether oxygens (including phenoxy) is 1. The lowest BCUT2D eigenvalue weighted by Gasteiger charge is -2.57. The minimum atomic E-state index is -0.137. The van der Waals surface area contributed by atoms with Gasteiger partial charge in [-0.25, -0.2) is 0 Å². The number of nitrogens with zero attached hydrogens (tertiary/aromatic N) is 1. The van der Waals surface area contributed by atoms with Crippen LogP contribution in [-0.2, 0) is 9.53 Å². The maximum Gasteiger partial charge on any atom is 0.302 e. The van der Waals surface area contributed by atoms with Gasteiger partial charge < -0.3 is 4.74 Å². The van der Waals surface area contributed by atoms with Crippen LogP contribution in [0.5, 0.6) is 0 Å². The van der Waals surface area contributed by atoms with Gasteiger partial charge in [-0.1, -0.05) is 37.6 Å². The third-order valence-corrected chi connectivity index (χ3v) is 8.68. The number of esters is 1. The number of carbonyl (C=O) groups is 1. The van der Waals surface area contributed by atoms with Crippen molar-refractivity contribution in [2.24, 2.45) is 35.0 Å². The van der Waals surface area contributed by atoms with Gasteiger partial charge in [0.15, 0.2) is 0 Å². The first-order valence-electron chi connectivity index (χ1n) is 11.4. The highest BCUT2D eigenvalue weighted by molar-refractivity contribution is 5.69. The van der Waals surface area contributed by atoms with Gasteiger partial charge in [0.25, 0.3) is 0 Å². The Hall–Kier alpha value is -1.90. The molecule has 5 rings (SSSR count). The zero-order valence-electron chi connectivity index (χ0n) is 17.9. The molecule has 154 valence electrons. The van der Waals surface area contributed by atoms with E-state index in [1.54, 1.807) is 11.1 Å². The number of rotatable bonds is 2. The Balaban J connectivity index is 1.41. The molecule has 3 nitrogen and oxygen atoms in total. The SMILES string of the molecule is CC(=O)O[C@H]1CC[C@@]2(C)C(=CC[C@H]3[C@@H]4CC=C(c5cccnc5)C4[C@H](C)C[C@@H]32)C1. The van der Waals surface area contributed by atoms with Crippen LogP contribution in [0.15, 0.2) is 42.3 Å².